The summed E-state index contributed by atoms with van der Waals surface area (Å²) in [6.45, 7) is 5.44. The van der Waals surface area contributed by atoms with Gasteiger partial charge in [0.05, 0.1) is 0 Å². The van der Waals surface area contributed by atoms with Crippen molar-refractivity contribution in [1.82, 2.24) is 30.1 Å². The average Bonchev–Trinajstić information content (AvgIpc) is 3.24. The van der Waals surface area contributed by atoms with E-state index < -0.39 is 30.5 Å². The Labute approximate surface area is 218 Å². The fourth-order valence-electron chi connectivity index (χ4n) is 4.59. The molecule has 0 unspecified atom stereocenters. The van der Waals surface area contributed by atoms with Gasteiger partial charge in [-0.1, -0.05) is 6.92 Å². The number of thiazole rings is 1. The van der Waals surface area contributed by atoms with Gasteiger partial charge in [-0.3, -0.25) is 5.32 Å². The number of ether oxygens (including phenoxy) is 1. The summed E-state index contributed by atoms with van der Waals surface area (Å²) in [7, 11) is 3.37. The molecule has 4 rings (SSSR count). The Morgan fingerprint density at radius 2 is 2.05 bits per heavy atom. The van der Waals surface area contributed by atoms with Gasteiger partial charge in [0, 0.05) is 62.5 Å². The van der Waals surface area contributed by atoms with E-state index in [2.05, 4.69) is 37.4 Å². The number of carbonyl (C=O) groups excluding carboxylic acids is 2. The molecule has 0 bridgehead atoms. The number of hydrogen-bond acceptors (Lipinski definition) is 9. The zero-order valence-corrected chi connectivity index (χ0v) is 22.1. The van der Waals surface area contributed by atoms with Gasteiger partial charge in [-0.15, -0.1) is 11.3 Å². The zero-order chi connectivity index (χ0) is 26.7. The van der Waals surface area contributed by atoms with E-state index in [9.17, 15) is 18.4 Å². The van der Waals surface area contributed by atoms with Crippen LogP contribution in [0.25, 0.3) is 0 Å². The highest BCUT2D eigenvalue weighted by molar-refractivity contribution is 7.15. The van der Waals surface area contributed by atoms with Gasteiger partial charge in [0.1, 0.15) is 6.04 Å². The molecule has 3 amide bonds. The molecule has 2 aromatic heterocycles. The van der Waals surface area contributed by atoms with Gasteiger partial charge in [-0.2, -0.15) is 4.98 Å². The Hall–Kier alpha value is -3.13. The van der Waals surface area contributed by atoms with Crippen LogP contribution in [-0.2, 0) is 0 Å². The summed E-state index contributed by atoms with van der Waals surface area (Å²) < 4.78 is 35.1. The highest BCUT2D eigenvalue weighted by Crippen LogP contribution is 2.33. The van der Waals surface area contributed by atoms with Crippen molar-refractivity contribution in [3.63, 3.8) is 0 Å². The van der Waals surface area contributed by atoms with E-state index in [0.29, 0.717) is 5.13 Å². The molecule has 2 N–H and O–H groups in total. The maximum Gasteiger partial charge on any atom is 0.414 e. The average molecular weight is 539 g/mol. The standard InChI is InChI=1S/C23H32F2N8O3S/c1-14-12-31(3)9-6-16(14)28-22(35)36-18-5-8-26-19(29-18)33-10-7-23(24,25)17(13-33)32(4)21(34)30-20-27-11-15(2)37-20/h5,8,11,14,16-17H,6-7,9-10,12-13H2,1-4H3,(H,28,35)(H,27,30,34)/t14-,16-,17+/m1/s1. The first-order valence-corrected chi connectivity index (χ1v) is 12.9. The molecule has 0 saturated carbocycles. The van der Waals surface area contributed by atoms with Crippen LogP contribution in [0, 0.1) is 12.8 Å². The smallest absolute Gasteiger partial charge is 0.391 e. The lowest BCUT2D eigenvalue weighted by Gasteiger charge is -2.42. The number of carbonyl (C=O) groups is 2. The summed E-state index contributed by atoms with van der Waals surface area (Å²) in [6.07, 6.45) is 2.70. The molecule has 37 heavy (non-hydrogen) atoms. The summed E-state index contributed by atoms with van der Waals surface area (Å²) in [5.41, 5.74) is 0. The number of rotatable bonds is 5. The van der Waals surface area contributed by atoms with Gasteiger partial charge in [-0.05, 0) is 32.9 Å². The Morgan fingerprint density at radius 1 is 1.27 bits per heavy atom. The largest absolute Gasteiger partial charge is 0.414 e. The minimum absolute atomic E-state index is 0.00920. The Kier molecular flexibility index (Phi) is 8.07. The highest BCUT2D eigenvalue weighted by Gasteiger charge is 2.48. The van der Waals surface area contributed by atoms with Crippen molar-refractivity contribution in [2.75, 3.05) is 50.5 Å². The van der Waals surface area contributed by atoms with E-state index in [1.165, 1.54) is 30.6 Å². The van der Waals surface area contributed by atoms with Crippen molar-refractivity contribution in [1.29, 1.82) is 0 Å². The lowest BCUT2D eigenvalue weighted by molar-refractivity contribution is -0.0760. The molecule has 3 atom stereocenters. The molecule has 0 aromatic carbocycles. The number of amides is 3. The number of piperidine rings is 2. The molecule has 2 saturated heterocycles. The van der Waals surface area contributed by atoms with Crippen molar-refractivity contribution >= 4 is 34.5 Å². The van der Waals surface area contributed by atoms with Gasteiger partial charge in [-0.25, -0.2) is 28.3 Å². The first kappa shape index (κ1) is 26.9. The molecule has 14 heteroatoms. The van der Waals surface area contributed by atoms with Crippen LogP contribution in [0.2, 0.25) is 0 Å². The molecule has 2 aliphatic rings. The molecule has 2 aromatic rings. The monoisotopic (exact) mass is 538 g/mol. The van der Waals surface area contributed by atoms with Crippen LogP contribution in [0.4, 0.5) is 29.4 Å². The number of nitrogens with zero attached hydrogens (tertiary/aromatic N) is 6. The SMILES string of the molecule is Cc1cnc(NC(=O)N(C)[C@H]2CN(c3nccc(OC(=O)N[C@@H]4CCN(C)C[C@H]4C)n3)CCC2(F)F)s1. The van der Waals surface area contributed by atoms with Crippen LogP contribution >= 0.6 is 11.3 Å². The van der Waals surface area contributed by atoms with Gasteiger partial charge >= 0.3 is 12.1 Å². The van der Waals surface area contributed by atoms with Gasteiger partial charge in [0.25, 0.3) is 5.92 Å². The van der Waals surface area contributed by atoms with E-state index in [-0.39, 0.29) is 36.9 Å². The topological polar surface area (TPSA) is 116 Å². The predicted molar refractivity (Wildman–Crippen MR) is 135 cm³/mol. The highest BCUT2D eigenvalue weighted by atomic mass is 32.1. The van der Waals surface area contributed by atoms with E-state index >= 15 is 0 Å². The van der Waals surface area contributed by atoms with Crippen LogP contribution in [0.15, 0.2) is 18.5 Å². The van der Waals surface area contributed by atoms with Gasteiger partial charge < -0.3 is 24.8 Å². The summed E-state index contributed by atoms with van der Waals surface area (Å²) in [5.74, 6) is -2.68. The second kappa shape index (κ2) is 11.1. The molecule has 0 radical (unpaired) electrons. The minimum atomic E-state index is -3.11. The molecule has 11 nitrogen and oxygen atoms in total. The molecular formula is C23H32F2N8O3S. The van der Waals surface area contributed by atoms with Crippen LogP contribution in [0.3, 0.4) is 0 Å². The molecule has 4 heterocycles. The number of alkyl halides is 2. The van der Waals surface area contributed by atoms with E-state index in [4.69, 9.17) is 4.74 Å². The maximum atomic E-state index is 14.9. The molecule has 2 aliphatic heterocycles. The fourth-order valence-corrected chi connectivity index (χ4v) is 5.25. The number of nitrogens with one attached hydrogen (secondary N) is 2. The third-order valence-corrected chi connectivity index (χ3v) is 7.56. The molecule has 0 spiro atoms. The van der Waals surface area contributed by atoms with Crippen molar-refractivity contribution in [2.24, 2.45) is 5.92 Å². The zero-order valence-electron chi connectivity index (χ0n) is 21.3. The number of halogens is 2. The number of likely N-dealkylation sites (tertiary alicyclic amines) is 1. The van der Waals surface area contributed by atoms with Crippen LogP contribution in [-0.4, -0.2) is 95.2 Å². The van der Waals surface area contributed by atoms with Crippen LogP contribution < -0.4 is 20.3 Å². The fraction of sp³-hybridized carbons (Fsp3) is 0.609. The molecule has 0 aliphatic carbocycles. The molecule has 202 valence electrons. The number of urea groups is 1. The molecular weight excluding hydrogens is 506 g/mol. The number of anilines is 2. The van der Waals surface area contributed by atoms with Gasteiger partial charge in [0.2, 0.25) is 11.8 Å². The number of aromatic nitrogens is 3. The van der Waals surface area contributed by atoms with Crippen LogP contribution in [0.5, 0.6) is 5.88 Å². The second-order valence-corrected chi connectivity index (χ2v) is 10.9. The summed E-state index contributed by atoms with van der Waals surface area (Å²) in [4.78, 5) is 43.3. The summed E-state index contributed by atoms with van der Waals surface area (Å²) in [6, 6.07) is -0.680. The van der Waals surface area contributed by atoms with E-state index in [0.717, 1.165) is 29.3 Å². The summed E-state index contributed by atoms with van der Waals surface area (Å²) >= 11 is 1.26. The lowest BCUT2D eigenvalue weighted by Crippen LogP contribution is -2.60. The number of aryl methyl sites for hydroxylation is 1. The first-order chi connectivity index (χ1) is 17.5. The van der Waals surface area contributed by atoms with E-state index in [1.54, 1.807) is 11.1 Å². The Balaban J connectivity index is 1.39. The quantitative estimate of drug-likeness (QED) is 0.597. The third kappa shape index (κ3) is 6.60. The van der Waals surface area contributed by atoms with Crippen molar-refractivity contribution in [3.8, 4) is 5.88 Å². The van der Waals surface area contributed by atoms with Crippen molar-refractivity contribution in [3.05, 3.63) is 23.3 Å². The predicted octanol–water partition coefficient (Wildman–Crippen LogP) is 3.05. The lowest BCUT2D eigenvalue weighted by atomic mass is 9.94. The van der Waals surface area contributed by atoms with Crippen molar-refractivity contribution < 1.29 is 23.1 Å². The first-order valence-electron chi connectivity index (χ1n) is 12.1. The molecule has 2 fully saturated rings. The van der Waals surface area contributed by atoms with Crippen molar-refractivity contribution in [2.45, 2.75) is 44.7 Å². The van der Waals surface area contributed by atoms with Crippen LogP contribution in [0.1, 0.15) is 24.6 Å². The summed E-state index contributed by atoms with van der Waals surface area (Å²) in [5, 5.41) is 5.79. The normalized spacial score (nSPS) is 23.8. The minimum Gasteiger partial charge on any atom is -0.391 e. The van der Waals surface area contributed by atoms with E-state index in [1.807, 2.05) is 14.0 Å². The maximum absolute atomic E-state index is 14.9. The third-order valence-electron chi connectivity index (χ3n) is 6.73. The second-order valence-electron chi connectivity index (χ2n) is 9.65. The number of hydrogen-bond donors (Lipinski definition) is 2. The number of likely N-dealkylation sites (N-methyl/N-ethyl adjacent to an activating group) is 1. The Bertz CT molecular complexity index is 1120. The van der Waals surface area contributed by atoms with Gasteiger partial charge in [0.15, 0.2) is 5.13 Å². The Morgan fingerprint density at radius 3 is 2.76 bits per heavy atom.